The van der Waals surface area contributed by atoms with Crippen molar-refractivity contribution in [2.75, 3.05) is 40.3 Å². The summed E-state index contributed by atoms with van der Waals surface area (Å²) in [5, 5.41) is 16.6. The van der Waals surface area contributed by atoms with E-state index in [1.165, 1.54) is 13.3 Å². The summed E-state index contributed by atoms with van der Waals surface area (Å²) < 4.78 is 6.15. The highest BCUT2D eigenvalue weighted by molar-refractivity contribution is 5.82. The van der Waals surface area contributed by atoms with Gasteiger partial charge in [0.15, 0.2) is 0 Å². The average molecular weight is 359 g/mol. The summed E-state index contributed by atoms with van der Waals surface area (Å²) in [5.74, 6) is 0.0533. The van der Waals surface area contributed by atoms with Crippen molar-refractivity contribution in [2.45, 2.75) is 0 Å². The largest absolute Gasteiger partial charge is 0.497 e. The van der Waals surface area contributed by atoms with E-state index in [0.29, 0.717) is 11.4 Å². The fraction of sp³-hybridized carbons (Fsp3) is 0.353. The van der Waals surface area contributed by atoms with E-state index in [9.17, 15) is 14.7 Å². The number of aromatic hydroxyl groups is 1. The minimum Gasteiger partial charge on any atom is -0.497 e. The molecule has 0 saturated carbocycles. The predicted molar refractivity (Wildman–Crippen MR) is 97.5 cm³/mol. The molecule has 138 valence electrons. The van der Waals surface area contributed by atoms with Gasteiger partial charge in [-0.05, 0) is 19.2 Å². The molecule has 1 fully saturated rings. The number of H-pyrrole nitrogens is 1. The molecule has 1 saturated heterocycles. The molecule has 2 heterocycles. The van der Waals surface area contributed by atoms with E-state index in [2.05, 4.69) is 15.0 Å². The van der Waals surface area contributed by atoms with Crippen molar-refractivity contribution in [3.63, 3.8) is 0 Å². The van der Waals surface area contributed by atoms with Gasteiger partial charge in [-0.15, -0.1) is 0 Å². The van der Waals surface area contributed by atoms with Crippen LogP contribution in [0.5, 0.6) is 11.6 Å². The number of nitrogens with one attached hydrogen (secondary N) is 1. The van der Waals surface area contributed by atoms with Crippen molar-refractivity contribution in [3.8, 4) is 17.3 Å². The van der Waals surface area contributed by atoms with Gasteiger partial charge in [0, 0.05) is 32.2 Å². The number of likely N-dealkylation sites (N-methyl/N-ethyl adjacent to an activating group) is 1. The summed E-state index contributed by atoms with van der Waals surface area (Å²) in [6, 6.07) is 6.61. The molecule has 3 rings (SSSR count). The summed E-state index contributed by atoms with van der Waals surface area (Å²) in [6.45, 7) is 3.17. The number of hydrazone groups is 1. The summed E-state index contributed by atoms with van der Waals surface area (Å²) >= 11 is 0. The van der Waals surface area contributed by atoms with Gasteiger partial charge in [0.2, 0.25) is 5.88 Å². The Kier molecular flexibility index (Phi) is 5.08. The number of aromatic amines is 1. The lowest BCUT2D eigenvalue weighted by Crippen LogP contribution is -2.42. The number of nitrogens with zero attached hydrogens (tertiary/aromatic N) is 4. The molecule has 9 heteroatoms. The van der Waals surface area contributed by atoms with E-state index in [1.807, 2.05) is 12.1 Å². The van der Waals surface area contributed by atoms with Crippen LogP contribution in [0.3, 0.4) is 0 Å². The predicted octanol–water partition coefficient (Wildman–Crippen LogP) is -0.179. The van der Waals surface area contributed by atoms with Crippen LogP contribution in [0, 0.1) is 0 Å². The lowest BCUT2D eigenvalue weighted by molar-refractivity contribution is 0.159. The monoisotopic (exact) mass is 359 g/mol. The second-order valence-corrected chi connectivity index (χ2v) is 6.03. The zero-order valence-corrected chi connectivity index (χ0v) is 14.7. The topological polar surface area (TPSA) is 103 Å². The lowest BCUT2D eigenvalue weighted by Gasteiger charge is -2.30. The quantitative estimate of drug-likeness (QED) is 0.734. The van der Waals surface area contributed by atoms with Gasteiger partial charge in [-0.3, -0.25) is 14.8 Å². The highest BCUT2D eigenvalue weighted by Gasteiger charge is 2.16. The number of rotatable bonds is 4. The van der Waals surface area contributed by atoms with E-state index < -0.39 is 17.1 Å². The molecular weight excluding hydrogens is 338 g/mol. The van der Waals surface area contributed by atoms with Gasteiger partial charge in [0.05, 0.1) is 19.0 Å². The van der Waals surface area contributed by atoms with Crippen LogP contribution in [0.15, 0.2) is 39.0 Å². The molecule has 1 aliphatic heterocycles. The Morgan fingerprint density at radius 3 is 2.65 bits per heavy atom. The van der Waals surface area contributed by atoms with Gasteiger partial charge >= 0.3 is 5.69 Å². The van der Waals surface area contributed by atoms with Gasteiger partial charge in [-0.1, -0.05) is 6.07 Å². The first-order valence-corrected chi connectivity index (χ1v) is 8.20. The normalized spacial score (nSPS) is 15.5. The van der Waals surface area contributed by atoms with Crippen molar-refractivity contribution in [2.24, 2.45) is 5.10 Å². The number of aromatic nitrogens is 2. The third-order valence-electron chi connectivity index (χ3n) is 4.26. The maximum atomic E-state index is 12.2. The van der Waals surface area contributed by atoms with Crippen LogP contribution in [-0.2, 0) is 0 Å². The van der Waals surface area contributed by atoms with E-state index in [0.717, 1.165) is 30.7 Å². The van der Waals surface area contributed by atoms with Crippen LogP contribution in [0.25, 0.3) is 5.69 Å². The molecule has 0 spiro atoms. The van der Waals surface area contributed by atoms with Crippen molar-refractivity contribution in [3.05, 3.63) is 50.7 Å². The van der Waals surface area contributed by atoms with E-state index in [-0.39, 0.29) is 5.56 Å². The average Bonchev–Trinajstić information content (AvgIpc) is 2.63. The second kappa shape index (κ2) is 7.44. The summed E-state index contributed by atoms with van der Waals surface area (Å²) in [7, 11) is 3.53. The van der Waals surface area contributed by atoms with Crippen molar-refractivity contribution < 1.29 is 9.84 Å². The van der Waals surface area contributed by atoms with Gasteiger partial charge in [0.25, 0.3) is 5.56 Å². The number of piperazine rings is 1. The van der Waals surface area contributed by atoms with E-state index in [4.69, 9.17) is 4.74 Å². The molecule has 1 aromatic heterocycles. The lowest BCUT2D eigenvalue weighted by atomic mass is 10.2. The molecule has 0 atom stereocenters. The van der Waals surface area contributed by atoms with Crippen LogP contribution < -0.4 is 16.0 Å². The Bertz CT molecular complexity index is 925. The van der Waals surface area contributed by atoms with Crippen LogP contribution in [0.2, 0.25) is 0 Å². The number of methoxy groups -OCH3 is 1. The number of hydrogen-bond acceptors (Lipinski definition) is 7. The summed E-state index contributed by atoms with van der Waals surface area (Å²) in [4.78, 5) is 28.7. The number of hydrogen-bond donors (Lipinski definition) is 2. The van der Waals surface area contributed by atoms with Crippen LogP contribution in [0.1, 0.15) is 5.56 Å². The third kappa shape index (κ3) is 3.62. The fourth-order valence-corrected chi connectivity index (χ4v) is 2.69. The van der Waals surface area contributed by atoms with Gasteiger partial charge < -0.3 is 14.7 Å². The third-order valence-corrected chi connectivity index (χ3v) is 4.26. The molecule has 0 bridgehead atoms. The number of benzene rings is 1. The van der Waals surface area contributed by atoms with Crippen LogP contribution in [0.4, 0.5) is 0 Å². The molecule has 2 aromatic rings. The van der Waals surface area contributed by atoms with Gasteiger partial charge in [-0.2, -0.15) is 5.10 Å². The van der Waals surface area contributed by atoms with Crippen LogP contribution in [-0.4, -0.2) is 71.1 Å². The Hall–Kier alpha value is -3.07. The minimum atomic E-state index is -0.738. The number of ether oxygens (including phenoxy) is 1. The van der Waals surface area contributed by atoms with Crippen LogP contribution >= 0.6 is 0 Å². The Morgan fingerprint density at radius 1 is 1.23 bits per heavy atom. The molecule has 0 aliphatic carbocycles. The Morgan fingerprint density at radius 2 is 1.96 bits per heavy atom. The molecule has 1 aromatic carbocycles. The molecule has 0 radical (unpaired) electrons. The Balaban J connectivity index is 1.99. The van der Waals surface area contributed by atoms with Crippen molar-refractivity contribution >= 4 is 6.21 Å². The highest BCUT2D eigenvalue weighted by atomic mass is 16.5. The van der Waals surface area contributed by atoms with Crippen molar-refractivity contribution in [1.82, 2.24) is 19.5 Å². The maximum Gasteiger partial charge on any atom is 0.335 e. The van der Waals surface area contributed by atoms with Crippen molar-refractivity contribution in [1.29, 1.82) is 0 Å². The van der Waals surface area contributed by atoms with E-state index >= 15 is 0 Å². The summed E-state index contributed by atoms with van der Waals surface area (Å²) in [5.41, 5.74) is -1.13. The fourth-order valence-electron chi connectivity index (χ4n) is 2.69. The van der Waals surface area contributed by atoms with Gasteiger partial charge in [0.1, 0.15) is 11.3 Å². The molecule has 1 aliphatic rings. The second-order valence-electron chi connectivity index (χ2n) is 6.03. The summed E-state index contributed by atoms with van der Waals surface area (Å²) in [6.07, 6.45) is 1.29. The first-order valence-electron chi connectivity index (χ1n) is 8.20. The smallest absolute Gasteiger partial charge is 0.335 e. The molecule has 9 nitrogen and oxygen atoms in total. The highest BCUT2D eigenvalue weighted by Crippen LogP contribution is 2.19. The molecular formula is C17H21N5O4. The molecule has 0 amide bonds. The zero-order chi connectivity index (χ0) is 18.7. The Labute approximate surface area is 149 Å². The van der Waals surface area contributed by atoms with Gasteiger partial charge in [-0.25, -0.2) is 9.36 Å². The molecule has 0 unspecified atom stereocenters. The standard InChI is InChI=1S/C17H21N5O4/c1-20-6-8-21(9-7-20)18-11-14-15(23)19-17(25)22(16(14)24)12-4-3-5-13(10-12)26-2/h3-5,10-11,24H,6-9H2,1-2H3,(H,19,23,25)/b18-11+. The molecule has 26 heavy (non-hydrogen) atoms. The van der Waals surface area contributed by atoms with E-state index in [1.54, 1.807) is 24.3 Å². The first kappa shape index (κ1) is 17.7. The zero-order valence-electron chi connectivity index (χ0n) is 14.7. The maximum absolute atomic E-state index is 12.2. The molecule has 2 N–H and O–H groups in total. The SMILES string of the molecule is COc1cccc(-n2c(O)c(/C=N/N3CCN(C)CC3)c(=O)[nH]c2=O)c1. The first-order chi connectivity index (χ1) is 12.5. The minimum absolute atomic E-state index is 0.0775.